The maximum absolute atomic E-state index is 11.4. The molecule has 0 unspecified atom stereocenters. The van der Waals surface area contributed by atoms with Gasteiger partial charge in [-0.05, 0) is 16.8 Å². The Morgan fingerprint density at radius 1 is 1.12 bits per heavy atom. The zero-order valence-electron chi connectivity index (χ0n) is 8.42. The van der Waals surface area contributed by atoms with Crippen LogP contribution in [0.5, 0.6) is 0 Å². The van der Waals surface area contributed by atoms with Gasteiger partial charge in [0.1, 0.15) is 0 Å². The number of nitrogens with zero attached hydrogens (tertiary/aromatic N) is 1. The molecular weight excluding hydrogens is 274 g/mol. The molecule has 0 fully saturated rings. The molecule has 2 aromatic rings. The van der Waals surface area contributed by atoms with Crippen molar-refractivity contribution in [2.45, 2.75) is 0 Å². The second-order valence-corrected chi connectivity index (χ2v) is 3.13. The molecule has 0 aromatic heterocycles. The van der Waals surface area contributed by atoms with Gasteiger partial charge in [-0.1, -0.05) is 36.4 Å². The maximum atomic E-state index is 11.4. The van der Waals surface area contributed by atoms with Crippen LogP contribution in [0.25, 0.3) is 10.8 Å². The smallest absolute Gasteiger partial charge is 0.263 e. The summed E-state index contributed by atoms with van der Waals surface area (Å²) in [7, 11) is 0. The van der Waals surface area contributed by atoms with E-state index in [0.29, 0.717) is 5.39 Å². The van der Waals surface area contributed by atoms with Crippen LogP contribution in [0.3, 0.4) is 0 Å². The molecular formula is C11H7CuNO4. The van der Waals surface area contributed by atoms with Crippen molar-refractivity contribution in [3.05, 3.63) is 58.1 Å². The van der Waals surface area contributed by atoms with E-state index in [1.807, 2.05) is 18.2 Å². The Morgan fingerprint density at radius 2 is 1.76 bits per heavy atom. The standard InChI is InChI=1S/C11H7NO4.Cu/c13-11(16-12(14)15)10-7-3-5-8-4-1-2-6-9(8)10;/h1-7H;. The first-order chi connectivity index (χ1) is 7.68. The van der Waals surface area contributed by atoms with E-state index in [9.17, 15) is 14.9 Å². The molecule has 0 aliphatic carbocycles. The van der Waals surface area contributed by atoms with Crippen molar-refractivity contribution in [2.75, 3.05) is 0 Å². The van der Waals surface area contributed by atoms with Gasteiger partial charge in [0.05, 0.1) is 5.56 Å². The van der Waals surface area contributed by atoms with Crippen molar-refractivity contribution in [1.82, 2.24) is 0 Å². The topological polar surface area (TPSA) is 69.4 Å². The van der Waals surface area contributed by atoms with Crippen molar-refractivity contribution in [1.29, 1.82) is 0 Å². The van der Waals surface area contributed by atoms with Gasteiger partial charge in [0.2, 0.25) is 0 Å². The molecule has 0 saturated carbocycles. The molecule has 0 heterocycles. The molecule has 17 heavy (non-hydrogen) atoms. The molecule has 0 atom stereocenters. The number of carbonyl (C=O) groups is 1. The molecule has 0 aliphatic rings. The molecule has 0 bridgehead atoms. The zero-order valence-corrected chi connectivity index (χ0v) is 9.36. The minimum absolute atomic E-state index is 0. The predicted molar refractivity (Wildman–Crippen MR) is 56.4 cm³/mol. The SMILES string of the molecule is O=C(O[N+](=O)[O-])c1cccc2ccccc12.[Cu]. The van der Waals surface area contributed by atoms with Gasteiger partial charge in [0.15, 0.2) is 0 Å². The minimum atomic E-state index is -1.11. The molecule has 1 radical (unpaired) electrons. The van der Waals surface area contributed by atoms with E-state index in [0.717, 1.165) is 5.39 Å². The van der Waals surface area contributed by atoms with Gasteiger partial charge >= 0.3 is 11.1 Å². The van der Waals surface area contributed by atoms with Crippen molar-refractivity contribution in [2.24, 2.45) is 0 Å². The Balaban J connectivity index is 0.00000144. The van der Waals surface area contributed by atoms with Crippen LogP contribution in [0, 0.1) is 10.1 Å². The number of fused-ring (bicyclic) bond motifs is 1. The minimum Gasteiger partial charge on any atom is -0.263 e. The summed E-state index contributed by atoms with van der Waals surface area (Å²) < 4.78 is 0. The summed E-state index contributed by atoms with van der Waals surface area (Å²) in [6.45, 7) is 0. The van der Waals surface area contributed by atoms with E-state index in [-0.39, 0.29) is 22.6 Å². The number of rotatable bonds is 2. The summed E-state index contributed by atoms with van der Waals surface area (Å²) in [5.41, 5.74) is 0.190. The van der Waals surface area contributed by atoms with Gasteiger partial charge in [-0.15, -0.1) is 10.1 Å². The Labute approximate surface area is 107 Å². The van der Waals surface area contributed by atoms with E-state index in [4.69, 9.17) is 0 Å². The first kappa shape index (κ1) is 13.2. The van der Waals surface area contributed by atoms with E-state index in [2.05, 4.69) is 4.84 Å². The van der Waals surface area contributed by atoms with Crippen molar-refractivity contribution in [3.8, 4) is 0 Å². The molecule has 2 rings (SSSR count). The number of hydrogen-bond acceptors (Lipinski definition) is 4. The third kappa shape index (κ3) is 2.81. The monoisotopic (exact) mass is 280 g/mol. The van der Waals surface area contributed by atoms with Crippen LogP contribution in [0.1, 0.15) is 10.4 Å². The Morgan fingerprint density at radius 3 is 2.47 bits per heavy atom. The summed E-state index contributed by atoms with van der Waals surface area (Å²) in [5, 5.41) is 10.4. The van der Waals surface area contributed by atoms with E-state index in [1.165, 1.54) is 6.07 Å². The molecule has 91 valence electrons. The molecule has 0 spiro atoms. The fraction of sp³-hybridized carbons (Fsp3) is 0. The van der Waals surface area contributed by atoms with Gasteiger partial charge in [-0.2, -0.15) is 0 Å². The first-order valence-corrected chi connectivity index (χ1v) is 4.53. The quantitative estimate of drug-likeness (QED) is 0.480. The third-order valence-corrected chi connectivity index (χ3v) is 2.17. The number of carbonyl (C=O) groups excluding carboxylic acids is 1. The molecule has 0 saturated heterocycles. The van der Waals surface area contributed by atoms with E-state index < -0.39 is 11.1 Å². The molecule has 2 aromatic carbocycles. The summed E-state index contributed by atoms with van der Waals surface area (Å²) in [4.78, 5) is 25.4. The zero-order chi connectivity index (χ0) is 11.5. The van der Waals surface area contributed by atoms with Crippen molar-refractivity contribution < 1.29 is 31.8 Å². The summed E-state index contributed by atoms with van der Waals surface area (Å²) in [6, 6.07) is 12.1. The number of hydrogen-bond donors (Lipinski definition) is 0. The Kier molecular flexibility index (Phi) is 4.20. The third-order valence-electron chi connectivity index (χ3n) is 2.17. The van der Waals surface area contributed by atoms with Crippen molar-refractivity contribution >= 4 is 16.7 Å². The second-order valence-electron chi connectivity index (χ2n) is 3.13. The molecule has 0 aliphatic heterocycles. The largest absolute Gasteiger partial charge is 0.335 e. The second kappa shape index (κ2) is 5.43. The predicted octanol–water partition coefficient (Wildman–Crippen LogP) is 2.19. The fourth-order valence-corrected chi connectivity index (χ4v) is 1.52. The normalized spacial score (nSPS) is 9.41. The van der Waals surface area contributed by atoms with Gasteiger partial charge in [0.25, 0.3) is 0 Å². The average Bonchev–Trinajstić information content (AvgIpc) is 2.27. The molecule has 6 heteroatoms. The maximum Gasteiger partial charge on any atom is 0.335 e. The Hall–Kier alpha value is -1.91. The van der Waals surface area contributed by atoms with Crippen LogP contribution >= 0.6 is 0 Å². The van der Waals surface area contributed by atoms with Gasteiger partial charge in [-0.25, -0.2) is 4.84 Å². The van der Waals surface area contributed by atoms with Crippen LogP contribution < -0.4 is 0 Å². The average molecular weight is 281 g/mol. The van der Waals surface area contributed by atoms with Crippen LogP contribution in [-0.2, 0) is 21.9 Å². The molecule has 0 amide bonds. The van der Waals surface area contributed by atoms with Crippen LogP contribution in [-0.4, -0.2) is 11.1 Å². The van der Waals surface area contributed by atoms with Crippen LogP contribution in [0.2, 0.25) is 0 Å². The van der Waals surface area contributed by atoms with Crippen molar-refractivity contribution in [3.63, 3.8) is 0 Å². The van der Waals surface area contributed by atoms with Crippen LogP contribution in [0.4, 0.5) is 0 Å². The van der Waals surface area contributed by atoms with Crippen LogP contribution in [0.15, 0.2) is 42.5 Å². The molecule has 0 N–H and O–H groups in total. The number of benzene rings is 2. The summed E-state index contributed by atoms with van der Waals surface area (Å²) in [5.74, 6) is -0.957. The van der Waals surface area contributed by atoms with Gasteiger partial charge in [-0.3, -0.25) is 4.79 Å². The van der Waals surface area contributed by atoms with Gasteiger partial charge in [0, 0.05) is 17.1 Å². The summed E-state index contributed by atoms with van der Waals surface area (Å²) >= 11 is 0. The van der Waals surface area contributed by atoms with E-state index in [1.54, 1.807) is 18.2 Å². The summed E-state index contributed by atoms with van der Waals surface area (Å²) in [6.07, 6.45) is 0. The first-order valence-electron chi connectivity index (χ1n) is 4.53. The van der Waals surface area contributed by atoms with Gasteiger partial charge < -0.3 is 0 Å². The molecule has 5 nitrogen and oxygen atoms in total. The van der Waals surface area contributed by atoms with E-state index >= 15 is 0 Å². The Bertz CT molecular complexity index is 565. The fourth-order valence-electron chi connectivity index (χ4n) is 1.52.